The first kappa shape index (κ1) is 21.7. The van der Waals surface area contributed by atoms with Gasteiger partial charge in [0.1, 0.15) is 5.75 Å². The maximum absolute atomic E-state index is 12.4. The molecule has 4 aromatic carbocycles. The van der Waals surface area contributed by atoms with Gasteiger partial charge in [0.2, 0.25) is 0 Å². The molecule has 0 spiro atoms. The Morgan fingerprint density at radius 1 is 0.781 bits per heavy atom. The van der Waals surface area contributed by atoms with Crippen molar-refractivity contribution in [3.63, 3.8) is 0 Å². The number of hydrogen-bond donors (Lipinski definition) is 2. The van der Waals surface area contributed by atoms with E-state index in [1.165, 1.54) is 0 Å². The zero-order valence-corrected chi connectivity index (χ0v) is 18.3. The Balaban J connectivity index is 1.35. The molecule has 0 bridgehead atoms. The first-order valence-corrected chi connectivity index (χ1v) is 10.5. The fourth-order valence-corrected chi connectivity index (χ4v) is 3.50. The van der Waals surface area contributed by atoms with Crippen molar-refractivity contribution in [3.05, 3.63) is 101 Å². The first-order chi connectivity index (χ1) is 15.5. The molecule has 2 amide bonds. The quantitative estimate of drug-likeness (QED) is 0.346. The lowest BCUT2D eigenvalue weighted by Crippen LogP contribution is -2.20. The summed E-state index contributed by atoms with van der Waals surface area (Å²) in [7, 11) is 0. The van der Waals surface area contributed by atoms with Crippen LogP contribution in [0.25, 0.3) is 10.8 Å². The summed E-state index contributed by atoms with van der Waals surface area (Å²) in [5.74, 6) is -0.149. The average Bonchev–Trinajstić information content (AvgIpc) is 2.80. The molecular formula is C25H18Cl2N2O3. The number of amides is 2. The summed E-state index contributed by atoms with van der Waals surface area (Å²) < 4.78 is 5.56. The third-order valence-corrected chi connectivity index (χ3v) is 5.29. The Kier molecular flexibility index (Phi) is 6.59. The molecule has 0 aliphatic carbocycles. The number of rotatable bonds is 6. The Bertz CT molecular complexity index is 1280. The molecule has 0 aliphatic heterocycles. The van der Waals surface area contributed by atoms with Gasteiger partial charge in [-0.15, -0.1) is 0 Å². The second-order valence-corrected chi connectivity index (χ2v) is 7.81. The van der Waals surface area contributed by atoms with Crippen molar-refractivity contribution >= 4 is 57.2 Å². The normalized spacial score (nSPS) is 10.6. The third kappa shape index (κ3) is 5.19. The fraction of sp³-hybridized carbons (Fsp3) is 0.0400. The predicted molar refractivity (Wildman–Crippen MR) is 129 cm³/mol. The van der Waals surface area contributed by atoms with E-state index >= 15 is 0 Å². The summed E-state index contributed by atoms with van der Waals surface area (Å²) in [6, 6.07) is 24.8. The molecule has 7 heteroatoms. The summed E-state index contributed by atoms with van der Waals surface area (Å²) in [4.78, 5) is 24.8. The molecule has 4 rings (SSSR count). The van der Waals surface area contributed by atoms with Crippen LogP contribution in [0.5, 0.6) is 5.75 Å². The van der Waals surface area contributed by atoms with Gasteiger partial charge < -0.3 is 15.4 Å². The van der Waals surface area contributed by atoms with Gasteiger partial charge >= 0.3 is 0 Å². The van der Waals surface area contributed by atoms with Crippen LogP contribution in [0.3, 0.4) is 0 Å². The highest BCUT2D eigenvalue weighted by atomic mass is 35.5. The molecule has 4 aromatic rings. The highest BCUT2D eigenvalue weighted by Crippen LogP contribution is 2.26. The van der Waals surface area contributed by atoms with Crippen LogP contribution >= 0.6 is 23.2 Å². The average molecular weight is 465 g/mol. The van der Waals surface area contributed by atoms with Crippen molar-refractivity contribution < 1.29 is 14.3 Å². The van der Waals surface area contributed by atoms with Gasteiger partial charge in [0, 0.05) is 21.7 Å². The number of ether oxygens (including phenoxy) is 1. The molecule has 160 valence electrons. The predicted octanol–water partition coefficient (Wildman–Crippen LogP) is 6.42. The van der Waals surface area contributed by atoms with E-state index in [1.807, 2.05) is 42.5 Å². The lowest BCUT2D eigenvalue weighted by Gasteiger charge is -2.11. The van der Waals surface area contributed by atoms with Gasteiger partial charge in [-0.05, 0) is 53.9 Å². The van der Waals surface area contributed by atoms with Crippen LogP contribution in [0.1, 0.15) is 10.4 Å². The van der Waals surface area contributed by atoms with Crippen LogP contribution in [0.4, 0.5) is 11.4 Å². The standard InChI is InChI=1S/C25H18Cl2N2O3/c26-18-10-13-21(27)23(14-18)29-25(31)17-8-11-19(12-9-17)32-15-24(30)28-22-7-3-5-16-4-1-2-6-20(16)22/h1-14H,15H2,(H,28,30)(H,29,31). The zero-order valence-electron chi connectivity index (χ0n) is 16.8. The summed E-state index contributed by atoms with van der Waals surface area (Å²) in [5.41, 5.74) is 1.56. The Labute approximate surface area is 194 Å². The van der Waals surface area contributed by atoms with Gasteiger partial charge in [0.25, 0.3) is 11.8 Å². The minimum absolute atomic E-state index is 0.160. The van der Waals surface area contributed by atoms with Crippen LogP contribution < -0.4 is 15.4 Å². The monoisotopic (exact) mass is 464 g/mol. The second-order valence-electron chi connectivity index (χ2n) is 6.97. The van der Waals surface area contributed by atoms with Crippen molar-refractivity contribution in [1.82, 2.24) is 0 Å². The number of carbonyl (C=O) groups excluding carboxylic acids is 2. The topological polar surface area (TPSA) is 67.4 Å². The molecule has 0 unspecified atom stereocenters. The van der Waals surface area contributed by atoms with E-state index in [1.54, 1.807) is 42.5 Å². The Morgan fingerprint density at radius 3 is 2.34 bits per heavy atom. The summed E-state index contributed by atoms with van der Waals surface area (Å²) in [6.45, 7) is -0.160. The van der Waals surface area contributed by atoms with Gasteiger partial charge in [-0.3, -0.25) is 9.59 Å². The largest absolute Gasteiger partial charge is 0.484 e. The van der Waals surface area contributed by atoms with Gasteiger partial charge in [0.05, 0.1) is 10.7 Å². The zero-order chi connectivity index (χ0) is 22.5. The summed E-state index contributed by atoms with van der Waals surface area (Å²) >= 11 is 12.0. The van der Waals surface area contributed by atoms with Gasteiger partial charge in [-0.1, -0.05) is 59.6 Å². The van der Waals surface area contributed by atoms with E-state index in [0.29, 0.717) is 27.0 Å². The molecule has 32 heavy (non-hydrogen) atoms. The summed E-state index contributed by atoms with van der Waals surface area (Å²) in [5, 5.41) is 8.44. The maximum Gasteiger partial charge on any atom is 0.262 e. The number of anilines is 2. The summed E-state index contributed by atoms with van der Waals surface area (Å²) in [6.07, 6.45) is 0. The number of fused-ring (bicyclic) bond motifs is 1. The number of nitrogens with one attached hydrogen (secondary N) is 2. The fourth-order valence-electron chi connectivity index (χ4n) is 3.16. The lowest BCUT2D eigenvalue weighted by molar-refractivity contribution is -0.118. The van der Waals surface area contributed by atoms with E-state index in [2.05, 4.69) is 10.6 Å². The molecule has 0 radical (unpaired) electrons. The molecule has 0 heterocycles. The highest BCUT2D eigenvalue weighted by Gasteiger charge is 2.11. The number of halogens is 2. The number of benzene rings is 4. The van der Waals surface area contributed by atoms with Crippen molar-refractivity contribution in [2.75, 3.05) is 17.2 Å². The van der Waals surface area contributed by atoms with E-state index in [0.717, 1.165) is 16.5 Å². The third-order valence-electron chi connectivity index (χ3n) is 4.73. The van der Waals surface area contributed by atoms with E-state index in [-0.39, 0.29) is 18.4 Å². The molecule has 0 saturated heterocycles. The van der Waals surface area contributed by atoms with Crippen LogP contribution in [-0.2, 0) is 4.79 Å². The van der Waals surface area contributed by atoms with Gasteiger partial charge in [0.15, 0.2) is 6.61 Å². The highest BCUT2D eigenvalue weighted by molar-refractivity contribution is 6.35. The minimum atomic E-state index is -0.339. The van der Waals surface area contributed by atoms with Crippen LogP contribution in [-0.4, -0.2) is 18.4 Å². The van der Waals surface area contributed by atoms with Crippen LogP contribution in [0, 0.1) is 0 Å². The Hall–Kier alpha value is -3.54. The minimum Gasteiger partial charge on any atom is -0.484 e. The van der Waals surface area contributed by atoms with Crippen LogP contribution in [0.15, 0.2) is 84.9 Å². The van der Waals surface area contributed by atoms with E-state index in [9.17, 15) is 9.59 Å². The van der Waals surface area contributed by atoms with E-state index < -0.39 is 0 Å². The van der Waals surface area contributed by atoms with Crippen molar-refractivity contribution in [3.8, 4) is 5.75 Å². The molecular weight excluding hydrogens is 447 g/mol. The molecule has 0 aromatic heterocycles. The van der Waals surface area contributed by atoms with Crippen molar-refractivity contribution in [2.45, 2.75) is 0 Å². The second kappa shape index (κ2) is 9.73. The van der Waals surface area contributed by atoms with Crippen molar-refractivity contribution in [2.24, 2.45) is 0 Å². The lowest BCUT2D eigenvalue weighted by atomic mass is 10.1. The SMILES string of the molecule is O=C(COc1ccc(C(=O)Nc2cc(Cl)ccc2Cl)cc1)Nc1cccc2ccccc12. The van der Waals surface area contributed by atoms with Gasteiger partial charge in [-0.25, -0.2) is 0 Å². The Morgan fingerprint density at radius 2 is 1.53 bits per heavy atom. The van der Waals surface area contributed by atoms with Crippen LogP contribution in [0.2, 0.25) is 10.0 Å². The number of carbonyl (C=O) groups is 2. The van der Waals surface area contributed by atoms with Gasteiger partial charge in [-0.2, -0.15) is 0 Å². The number of hydrogen-bond acceptors (Lipinski definition) is 3. The first-order valence-electron chi connectivity index (χ1n) is 9.76. The van der Waals surface area contributed by atoms with E-state index in [4.69, 9.17) is 27.9 Å². The van der Waals surface area contributed by atoms with Crippen molar-refractivity contribution in [1.29, 1.82) is 0 Å². The molecule has 0 fully saturated rings. The smallest absolute Gasteiger partial charge is 0.262 e. The molecule has 0 aliphatic rings. The molecule has 0 atom stereocenters. The molecule has 2 N–H and O–H groups in total. The molecule has 0 saturated carbocycles. The molecule has 5 nitrogen and oxygen atoms in total. The maximum atomic E-state index is 12.4.